The van der Waals surface area contributed by atoms with Gasteiger partial charge in [0.05, 0.1) is 5.69 Å². The average molecular weight is 207 g/mol. The SMILES string of the molecule is CCC[C@@H]1CNC[C@H]1c1ccn(CC)n1. The van der Waals surface area contributed by atoms with E-state index in [0.717, 1.165) is 25.6 Å². The van der Waals surface area contributed by atoms with E-state index in [4.69, 9.17) is 0 Å². The summed E-state index contributed by atoms with van der Waals surface area (Å²) in [7, 11) is 0. The van der Waals surface area contributed by atoms with Crippen LogP contribution >= 0.6 is 0 Å². The van der Waals surface area contributed by atoms with Gasteiger partial charge in [-0.15, -0.1) is 0 Å². The van der Waals surface area contributed by atoms with Crippen LogP contribution in [0.5, 0.6) is 0 Å². The molecule has 0 aromatic carbocycles. The lowest BCUT2D eigenvalue weighted by molar-refractivity contribution is 0.461. The van der Waals surface area contributed by atoms with Gasteiger partial charge in [-0.3, -0.25) is 4.68 Å². The van der Waals surface area contributed by atoms with E-state index in [1.54, 1.807) is 0 Å². The fourth-order valence-electron chi connectivity index (χ4n) is 2.50. The molecule has 15 heavy (non-hydrogen) atoms. The molecular formula is C12H21N3. The summed E-state index contributed by atoms with van der Waals surface area (Å²) in [5.41, 5.74) is 1.28. The lowest BCUT2D eigenvalue weighted by atomic mass is 9.89. The molecule has 2 atom stereocenters. The molecule has 1 N–H and O–H groups in total. The zero-order valence-electron chi connectivity index (χ0n) is 9.74. The van der Waals surface area contributed by atoms with Crippen molar-refractivity contribution in [3.05, 3.63) is 18.0 Å². The van der Waals surface area contributed by atoms with Gasteiger partial charge in [0.15, 0.2) is 0 Å². The minimum absolute atomic E-state index is 0.637. The first-order valence-corrected chi connectivity index (χ1v) is 6.09. The average Bonchev–Trinajstić information content (AvgIpc) is 2.85. The number of aromatic nitrogens is 2. The highest BCUT2D eigenvalue weighted by atomic mass is 15.3. The molecule has 0 radical (unpaired) electrons. The number of aryl methyl sites for hydroxylation is 1. The van der Waals surface area contributed by atoms with Gasteiger partial charge in [0, 0.05) is 25.2 Å². The van der Waals surface area contributed by atoms with E-state index in [9.17, 15) is 0 Å². The second-order valence-corrected chi connectivity index (χ2v) is 4.41. The van der Waals surface area contributed by atoms with E-state index in [0.29, 0.717) is 5.92 Å². The maximum atomic E-state index is 4.62. The predicted octanol–water partition coefficient (Wildman–Crippen LogP) is 2.01. The molecular weight excluding hydrogens is 186 g/mol. The normalized spacial score (nSPS) is 26.0. The third kappa shape index (κ3) is 2.23. The van der Waals surface area contributed by atoms with Crippen LogP contribution in [0.4, 0.5) is 0 Å². The number of nitrogens with one attached hydrogen (secondary N) is 1. The molecule has 2 heterocycles. The smallest absolute Gasteiger partial charge is 0.0671 e. The molecule has 1 aliphatic rings. The first-order chi connectivity index (χ1) is 7.35. The van der Waals surface area contributed by atoms with Crippen molar-refractivity contribution in [3.63, 3.8) is 0 Å². The third-order valence-corrected chi connectivity index (χ3v) is 3.36. The Morgan fingerprint density at radius 2 is 2.33 bits per heavy atom. The van der Waals surface area contributed by atoms with Crippen molar-refractivity contribution in [1.82, 2.24) is 15.1 Å². The van der Waals surface area contributed by atoms with E-state index in [-0.39, 0.29) is 0 Å². The lowest BCUT2D eigenvalue weighted by Gasteiger charge is -2.15. The Labute approximate surface area is 91.9 Å². The molecule has 1 aromatic rings. The van der Waals surface area contributed by atoms with E-state index in [2.05, 4.69) is 36.5 Å². The number of nitrogens with zero attached hydrogens (tertiary/aromatic N) is 2. The molecule has 1 saturated heterocycles. The molecule has 0 saturated carbocycles. The molecule has 3 nitrogen and oxygen atoms in total. The van der Waals surface area contributed by atoms with Crippen LogP contribution < -0.4 is 5.32 Å². The Balaban J connectivity index is 2.08. The minimum atomic E-state index is 0.637. The number of hydrogen-bond donors (Lipinski definition) is 1. The van der Waals surface area contributed by atoms with Crippen molar-refractivity contribution in [1.29, 1.82) is 0 Å². The summed E-state index contributed by atoms with van der Waals surface area (Å²) in [5, 5.41) is 8.10. The van der Waals surface area contributed by atoms with Gasteiger partial charge in [-0.05, 0) is 31.9 Å². The van der Waals surface area contributed by atoms with Crippen LogP contribution in [0.1, 0.15) is 38.3 Å². The monoisotopic (exact) mass is 207 g/mol. The fraction of sp³-hybridized carbons (Fsp3) is 0.750. The van der Waals surface area contributed by atoms with Gasteiger partial charge in [-0.2, -0.15) is 5.10 Å². The summed E-state index contributed by atoms with van der Waals surface area (Å²) in [6.07, 6.45) is 4.69. The second kappa shape index (κ2) is 4.79. The molecule has 0 amide bonds. The zero-order chi connectivity index (χ0) is 10.7. The Morgan fingerprint density at radius 1 is 1.47 bits per heavy atom. The van der Waals surface area contributed by atoms with E-state index < -0.39 is 0 Å². The first kappa shape index (κ1) is 10.7. The van der Waals surface area contributed by atoms with Crippen LogP contribution in [0.25, 0.3) is 0 Å². The maximum absolute atomic E-state index is 4.62. The third-order valence-electron chi connectivity index (χ3n) is 3.36. The molecule has 0 aliphatic carbocycles. The highest BCUT2D eigenvalue weighted by molar-refractivity contribution is 5.11. The van der Waals surface area contributed by atoms with Gasteiger partial charge in [-0.25, -0.2) is 0 Å². The topological polar surface area (TPSA) is 29.9 Å². The molecule has 0 unspecified atom stereocenters. The predicted molar refractivity (Wildman–Crippen MR) is 61.9 cm³/mol. The number of hydrogen-bond acceptors (Lipinski definition) is 2. The van der Waals surface area contributed by atoms with Crippen LogP contribution in [0.2, 0.25) is 0 Å². The van der Waals surface area contributed by atoms with Crippen molar-refractivity contribution < 1.29 is 0 Å². The second-order valence-electron chi connectivity index (χ2n) is 4.41. The molecule has 2 rings (SSSR count). The quantitative estimate of drug-likeness (QED) is 0.818. The summed E-state index contributed by atoms with van der Waals surface area (Å²) < 4.78 is 2.02. The Morgan fingerprint density at radius 3 is 3.00 bits per heavy atom. The van der Waals surface area contributed by atoms with Crippen LogP contribution in [0.3, 0.4) is 0 Å². The minimum Gasteiger partial charge on any atom is -0.316 e. The van der Waals surface area contributed by atoms with Gasteiger partial charge >= 0.3 is 0 Å². The molecule has 0 bridgehead atoms. The lowest BCUT2D eigenvalue weighted by Crippen LogP contribution is -2.11. The summed E-state index contributed by atoms with van der Waals surface area (Å²) >= 11 is 0. The Bertz CT molecular complexity index is 306. The van der Waals surface area contributed by atoms with E-state index in [1.165, 1.54) is 18.5 Å². The van der Waals surface area contributed by atoms with Crippen molar-refractivity contribution >= 4 is 0 Å². The summed E-state index contributed by atoms with van der Waals surface area (Å²) in [6.45, 7) is 7.63. The van der Waals surface area contributed by atoms with Crippen LogP contribution in [-0.2, 0) is 6.54 Å². The van der Waals surface area contributed by atoms with Gasteiger partial charge in [0.25, 0.3) is 0 Å². The molecule has 3 heteroatoms. The molecule has 1 fully saturated rings. The summed E-state index contributed by atoms with van der Waals surface area (Å²) in [4.78, 5) is 0. The summed E-state index contributed by atoms with van der Waals surface area (Å²) in [5.74, 6) is 1.42. The van der Waals surface area contributed by atoms with Crippen molar-refractivity contribution in [2.45, 2.75) is 39.2 Å². The van der Waals surface area contributed by atoms with Gasteiger partial charge < -0.3 is 5.32 Å². The van der Waals surface area contributed by atoms with Gasteiger partial charge in [0.1, 0.15) is 0 Å². The molecule has 0 spiro atoms. The maximum Gasteiger partial charge on any atom is 0.0671 e. The molecule has 1 aliphatic heterocycles. The van der Waals surface area contributed by atoms with Gasteiger partial charge in [-0.1, -0.05) is 13.3 Å². The largest absolute Gasteiger partial charge is 0.316 e. The highest BCUT2D eigenvalue weighted by Crippen LogP contribution is 2.29. The van der Waals surface area contributed by atoms with Gasteiger partial charge in [0.2, 0.25) is 0 Å². The molecule has 84 valence electrons. The van der Waals surface area contributed by atoms with Crippen molar-refractivity contribution in [3.8, 4) is 0 Å². The van der Waals surface area contributed by atoms with E-state index in [1.807, 2.05) is 4.68 Å². The standard InChI is InChI=1S/C12H21N3/c1-3-5-10-8-13-9-11(10)12-6-7-15(4-2)14-12/h6-7,10-11,13H,3-5,8-9H2,1-2H3/t10-,11-/m1/s1. The van der Waals surface area contributed by atoms with Crippen LogP contribution in [0, 0.1) is 5.92 Å². The van der Waals surface area contributed by atoms with Crippen LogP contribution in [0.15, 0.2) is 12.3 Å². The Hall–Kier alpha value is -0.830. The van der Waals surface area contributed by atoms with Crippen LogP contribution in [-0.4, -0.2) is 22.9 Å². The first-order valence-electron chi connectivity index (χ1n) is 6.09. The van der Waals surface area contributed by atoms with E-state index >= 15 is 0 Å². The highest BCUT2D eigenvalue weighted by Gasteiger charge is 2.29. The molecule has 1 aromatic heterocycles. The summed E-state index contributed by atoms with van der Waals surface area (Å²) in [6, 6.07) is 2.18. The Kier molecular flexibility index (Phi) is 3.41. The number of rotatable bonds is 4. The van der Waals surface area contributed by atoms with Crippen molar-refractivity contribution in [2.75, 3.05) is 13.1 Å². The fourth-order valence-corrected chi connectivity index (χ4v) is 2.50. The van der Waals surface area contributed by atoms with Crippen molar-refractivity contribution in [2.24, 2.45) is 5.92 Å². The zero-order valence-corrected chi connectivity index (χ0v) is 9.74.